The summed E-state index contributed by atoms with van der Waals surface area (Å²) in [7, 11) is 3.93. The first kappa shape index (κ1) is 20.4. The van der Waals surface area contributed by atoms with E-state index in [2.05, 4.69) is 0 Å². The van der Waals surface area contributed by atoms with E-state index in [-0.39, 0.29) is 11.3 Å². The molecule has 1 N–H and O–H groups in total. The summed E-state index contributed by atoms with van der Waals surface area (Å²) in [5.41, 5.74) is 0.538. The SMILES string of the molecule is CN(C)CCCN1C(=O)C(=O)/C(=C(/O)c2ccc3c(c2)OCCO3)[C@@H]1c1cccs1. The van der Waals surface area contributed by atoms with Crippen LogP contribution in [-0.4, -0.2) is 67.0 Å². The molecule has 0 radical (unpaired) electrons. The highest BCUT2D eigenvalue weighted by Crippen LogP contribution is 2.42. The quantitative estimate of drug-likeness (QED) is 0.433. The number of aliphatic hydroxyl groups is 1. The Morgan fingerprint density at radius 1 is 1.20 bits per heavy atom. The minimum absolute atomic E-state index is 0.115. The zero-order valence-electron chi connectivity index (χ0n) is 17.0. The van der Waals surface area contributed by atoms with Crippen molar-refractivity contribution in [2.24, 2.45) is 0 Å². The van der Waals surface area contributed by atoms with Crippen molar-refractivity contribution >= 4 is 28.8 Å². The van der Waals surface area contributed by atoms with Crippen molar-refractivity contribution in [2.75, 3.05) is 40.4 Å². The molecule has 2 aliphatic heterocycles. The van der Waals surface area contributed by atoms with E-state index < -0.39 is 17.7 Å². The number of amides is 1. The lowest BCUT2D eigenvalue weighted by molar-refractivity contribution is -0.139. The van der Waals surface area contributed by atoms with Gasteiger partial charge in [0.2, 0.25) is 0 Å². The van der Waals surface area contributed by atoms with Gasteiger partial charge >= 0.3 is 0 Å². The second-order valence-electron chi connectivity index (χ2n) is 7.52. The average molecular weight is 429 g/mol. The van der Waals surface area contributed by atoms with Crippen LogP contribution in [0.3, 0.4) is 0 Å². The Hall–Kier alpha value is -2.84. The van der Waals surface area contributed by atoms with E-state index in [4.69, 9.17) is 9.47 Å². The number of benzene rings is 1. The number of likely N-dealkylation sites (tertiary alicyclic amines) is 1. The Morgan fingerprint density at radius 3 is 2.67 bits per heavy atom. The van der Waals surface area contributed by atoms with Gasteiger partial charge in [-0.05, 0) is 56.7 Å². The summed E-state index contributed by atoms with van der Waals surface area (Å²) < 4.78 is 11.1. The molecular formula is C22H24N2O5S. The smallest absolute Gasteiger partial charge is 0.295 e. The van der Waals surface area contributed by atoms with Crippen molar-refractivity contribution in [3.63, 3.8) is 0 Å². The summed E-state index contributed by atoms with van der Waals surface area (Å²) in [6.07, 6.45) is 0.728. The molecule has 4 rings (SSSR count). The van der Waals surface area contributed by atoms with Crippen molar-refractivity contribution in [3.05, 3.63) is 51.7 Å². The van der Waals surface area contributed by atoms with Crippen LogP contribution in [-0.2, 0) is 9.59 Å². The predicted molar refractivity (Wildman–Crippen MR) is 114 cm³/mol. The van der Waals surface area contributed by atoms with Crippen molar-refractivity contribution < 1.29 is 24.2 Å². The number of ether oxygens (including phenoxy) is 2. The first-order valence-electron chi connectivity index (χ1n) is 9.84. The molecule has 1 atom stereocenters. The molecule has 3 heterocycles. The summed E-state index contributed by atoms with van der Waals surface area (Å²) in [4.78, 5) is 30.2. The van der Waals surface area contributed by atoms with E-state index >= 15 is 0 Å². The lowest BCUT2D eigenvalue weighted by Crippen LogP contribution is -2.32. The van der Waals surface area contributed by atoms with E-state index in [1.54, 1.807) is 23.1 Å². The maximum atomic E-state index is 13.0. The molecule has 158 valence electrons. The number of nitrogens with zero attached hydrogens (tertiary/aromatic N) is 2. The minimum atomic E-state index is -0.661. The lowest BCUT2D eigenvalue weighted by atomic mass is 9.99. The molecule has 8 heteroatoms. The van der Waals surface area contributed by atoms with Crippen LogP contribution in [0.1, 0.15) is 22.9 Å². The monoisotopic (exact) mass is 428 g/mol. The number of hydrogen-bond donors (Lipinski definition) is 1. The second kappa shape index (κ2) is 8.49. The van der Waals surface area contributed by atoms with E-state index in [1.807, 2.05) is 36.5 Å². The van der Waals surface area contributed by atoms with E-state index in [0.29, 0.717) is 36.8 Å². The summed E-state index contributed by atoms with van der Waals surface area (Å²) in [5, 5.41) is 13.0. The summed E-state index contributed by atoms with van der Waals surface area (Å²) in [6, 6.07) is 8.20. The highest BCUT2D eigenvalue weighted by Gasteiger charge is 2.46. The number of carbonyl (C=O) groups excluding carboxylic acids is 2. The number of carbonyl (C=O) groups is 2. The molecule has 0 saturated carbocycles. The molecule has 30 heavy (non-hydrogen) atoms. The Labute approximate surface area is 179 Å². The van der Waals surface area contributed by atoms with Crippen LogP contribution in [0.2, 0.25) is 0 Å². The predicted octanol–water partition coefficient (Wildman–Crippen LogP) is 2.89. The summed E-state index contributed by atoms with van der Waals surface area (Å²) in [5.74, 6) is -0.328. The van der Waals surface area contributed by atoms with Crippen LogP contribution in [0.4, 0.5) is 0 Å². The Bertz CT molecular complexity index is 983. The maximum absolute atomic E-state index is 13.0. The van der Waals surface area contributed by atoms with Crippen LogP contribution < -0.4 is 9.47 Å². The second-order valence-corrected chi connectivity index (χ2v) is 8.50. The molecule has 2 aromatic rings. The van der Waals surface area contributed by atoms with E-state index in [9.17, 15) is 14.7 Å². The molecule has 0 spiro atoms. The van der Waals surface area contributed by atoms with Crippen LogP contribution in [0, 0.1) is 0 Å². The molecule has 0 bridgehead atoms. The van der Waals surface area contributed by atoms with Gasteiger partial charge in [0.15, 0.2) is 11.5 Å². The van der Waals surface area contributed by atoms with Crippen molar-refractivity contribution in [3.8, 4) is 11.5 Å². The number of thiophene rings is 1. The van der Waals surface area contributed by atoms with E-state index in [1.165, 1.54) is 11.3 Å². The molecule has 2 aliphatic rings. The number of Topliss-reactive ketones (excluding diaryl/α,β-unsaturated/α-hetero) is 1. The van der Waals surface area contributed by atoms with Gasteiger partial charge in [-0.25, -0.2) is 0 Å². The number of rotatable bonds is 6. The first-order valence-corrected chi connectivity index (χ1v) is 10.7. The highest BCUT2D eigenvalue weighted by molar-refractivity contribution is 7.10. The fraction of sp³-hybridized carbons (Fsp3) is 0.364. The fourth-order valence-corrected chi connectivity index (χ4v) is 4.60. The number of aliphatic hydroxyl groups excluding tert-OH is 1. The number of ketones is 1. The number of hydrogen-bond acceptors (Lipinski definition) is 7. The fourth-order valence-electron chi connectivity index (χ4n) is 3.76. The topological polar surface area (TPSA) is 79.3 Å². The molecule has 7 nitrogen and oxygen atoms in total. The van der Waals surface area contributed by atoms with Gasteiger partial charge in [-0.2, -0.15) is 0 Å². The zero-order chi connectivity index (χ0) is 21.3. The molecule has 0 aliphatic carbocycles. The van der Waals surface area contributed by atoms with Crippen LogP contribution >= 0.6 is 11.3 Å². The Kier molecular flexibility index (Phi) is 5.78. The normalized spacial score (nSPS) is 20.2. The van der Waals surface area contributed by atoms with Gasteiger partial charge in [0.05, 0.1) is 11.6 Å². The molecular weight excluding hydrogens is 404 g/mol. The maximum Gasteiger partial charge on any atom is 0.295 e. The molecule has 1 saturated heterocycles. The largest absolute Gasteiger partial charge is 0.507 e. The third kappa shape index (κ3) is 3.80. The molecule has 1 aromatic carbocycles. The van der Waals surface area contributed by atoms with Gasteiger partial charge in [-0.3, -0.25) is 9.59 Å². The molecule has 1 aromatic heterocycles. The van der Waals surface area contributed by atoms with Crippen LogP contribution in [0.25, 0.3) is 5.76 Å². The van der Waals surface area contributed by atoms with Gasteiger partial charge in [0.1, 0.15) is 19.0 Å². The van der Waals surface area contributed by atoms with Gasteiger partial charge < -0.3 is 24.4 Å². The minimum Gasteiger partial charge on any atom is -0.507 e. The van der Waals surface area contributed by atoms with Gasteiger partial charge in [-0.1, -0.05) is 6.07 Å². The third-order valence-electron chi connectivity index (χ3n) is 5.17. The van der Waals surface area contributed by atoms with Crippen molar-refractivity contribution in [2.45, 2.75) is 12.5 Å². The Morgan fingerprint density at radius 2 is 1.97 bits per heavy atom. The van der Waals surface area contributed by atoms with Crippen molar-refractivity contribution in [1.82, 2.24) is 9.80 Å². The zero-order valence-corrected chi connectivity index (χ0v) is 17.8. The van der Waals surface area contributed by atoms with Gasteiger partial charge in [0, 0.05) is 17.0 Å². The lowest BCUT2D eigenvalue weighted by Gasteiger charge is -2.25. The molecule has 1 amide bonds. The van der Waals surface area contributed by atoms with E-state index in [0.717, 1.165) is 17.8 Å². The average Bonchev–Trinajstić information content (AvgIpc) is 3.35. The van der Waals surface area contributed by atoms with Crippen LogP contribution in [0.5, 0.6) is 11.5 Å². The van der Waals surface area contributed by atoms with Gasteiger partial charge in [-0.15, -0.1) is 11.3 Å². The van der Waals surface area contributed by atoms with Gasteiger partial charge in [0.25, 0.3) is 11.7 Å². The highest BCUT2D eigenvalue weighted by atomic mass is 32.1. The molecule has 0 unspecified atom stereocenters. The summed E-state index contributed by atoms with van der Waals surface area (Å²) in [6.45, 7) is 2.11. The molecule has 1 fully saturated rings. The number of fused-ring (bicyclic) bond motifs is 1. The first-order chi connectivity index (χ1) is 14.5. The van der Waals surface area contributed by atoms with Crippen LogP contribution in [0.15, 0.2) is 41.3 Å². The standard InChI is InChI=1S/C22H24N2O5S/c1-23(2)8-4-9-24-19(17-5-3-12-30-17)18(21(26)22(24)27)20(25)14-6-7-15-16(13-14)29-11-10-28-15/h3,5-7,12-13,19,25H,4,8-11H2,1-2H3/b20-18+/t19-/m0/s1. The summed E-state index contributed by atoms with van der Waals surface area (Å²) >= 11 is 1.46. The third-order valence-corrected chi connectivity index (χ3v) is 6.10. The van der Waals surface area contributed by atoms with Crippen molar-refractivity contribution in [1.29, 1.82) is 0 Å². The Balaban J connectivity index is 1.74.